The molecule has 0 aliphatic carbocycles. The molecule has 1 aromatic rings. The standard InChI is InChI=1S/C15H19NO4S/c1-2-6-12-16(11(9-21-12)15(19)20)14(18)13(17)10-7-4-3-5-8-10/h3-5,7-8,11-13,17H,2,6,9H2,1H3,(H,19,20). The van der Waals surface area contributed by atoms with Crippen molar-refractivity contribution >= 4 is 23.6 Å². The van der Waals surface area contributed by atoms with Gasteiger partial charge in [-0.15, -0.1) is 11.8 Å². The number of carboxylic acid groups (broad SMARTS) is 1. The van der Waals surface area contributed by atoms with Gasteiger partial charge in [-0.3, -0.25) is 4.79 Å². The third-order valence-electron chi connectivity index (χ3n) is 3.52. The van der Waals surface area contributed by atoms with Gasteiger partial charge in [-0.2, -0.15) is 0 Å². The first kappa shape index (κ1) is 15.9. The summed E-state index contributed by atoms with van der Waals surface area (Å²) in [6, 6.07) is 7.74. The molecule has 1 heterocycles. The van der Waals surface area contributed by atoms with Crippen LogP contribution < -0.4 is 0 Å². The highest BCUT2D eigenvalue weighted by atomic mass is 32.2. The Kier molecular flexibility index (Phi) is 5.25. The van der Waals surface area contributed by atoms with Gasteiger partial charge >= 0.3 is 5.97 Å². The lowest BCUT2D eigenvalue weighted by Crippen LogP contribution is -2.47. The number of hydrogen-bond acceptors (Lipinski definition) is 4. The first-order valence-corrected chi connectivity index (χ1v) is 8.00. The summed E-state index contributed by atoms with van der Waals surface area (Å²) < 4.78 is 0. The van der Waals surface area contributed by atoms with Crippen molar-refractivity contribution in [3.63, 3.8) is 0 Å². The second-order valence-electron chi connectivity index (χ2n) is 4.99. The summed E-state index contributed by atoms with van der Waals surface area (Å²) >= 11 is 1.47. The third kappa shape index (κ3) is 3.39. The Morgan fingerprint density at radius 2 is 2.05 bits per heavy atom. The van der Waals surface area contributed by atoms with Crippen LogP contribution in [0.1, 0.15) is 31.4 Å². The van der Waals surface area contributed by atoms with E-state index < -0.39 is 24.0 Å². The topological polar surface area (TPSA) is 77.8 Å². The maximum Gasteiger partial charge on any atom is 0.327 e. The first-order valence-electron chi connectivity index (χ1n) is 6.95. The number of carbonyl (C=O) groups is 2. The number of aliphatic hydroxyl groups excluding tert-OH is 1. The highest BCUT2D eigenvalue weighted by molar-refractivity contribution is 8.00. The number of amides is 1. The smallest absolute Gasteiger partial charge is 0.327 e. The summed E-state index contributed by atoms with van der Waals surface area (Å²) in [5.74, 6) is -1.18. The highest BCUT2D eigenvalue weighted by Crippen LogP contribution is 2.34. The minimum absolute atomic E-state index is 0.179. The fraction of sp³-hybridized carbons (Fsp3) is 0.467. The number of aliphatic hydroxyl groups is 1. The summed E-state index contributed by atoms with van der Waals surface area (Å²) in [4.78, 5) is 25.2. The molecule has 21 heavy (non-hydrogen) atoms. The van der Waals surface area contributed by atoms with Gasteiger partial charge in [-0.1, -0.05) is 43.7 Å². The van der Waals surface area contributed by atoms with Crippen molar-refractivity contribution in [1.29, 1.82) is 0 Å². The van der Waals surface area contributed by atoms with Gasteiger partial charge in [0.2, 0.25) is 0 Å². The number of thioether (sulfide) groups is 1. The zero-order chi connectivity index (χ0) is 15.4. The van der Waals surface area contributed by atoms with Crippen LogP contribution in [0.15, 0.2) is 30.3 Å². The van der Waals surface area contributed by atoms with E-state index in [1.54, 1.807) is 30.3 Å². The molecule has 2 rings (SSSR count). The lowest BCUT2D eigenvalue weighted by atomic mass is 10.1. The summed E-state index contributed by atoms with van der Waals surface area (Å²) in [5.41, 5.74) is 0.485. The monoisotopic (exact) mass is 309 g/mol. The first-order chi connectivity index (χ1) is 10.1. The summed E-state index contributed by atoms with van der Waals surface area (Å²) in [6.45, 7) is 1.99. The Labute approximate surface area is 128 Å². The predicted molar refractivity (Wildman–Crippen MR) is 80.8 cm³/mol. The highest BCUT2D eigenvalue weighted by Gasteiger charge is 2.43. The number of aliphatic carboxylic acids is 1. The minimum atomic E-state index is -1.31. The van der Waals surface area contributed by atoms with Gasteiger partial charge in [0.1, 0.15) is 6.04 Å². The molecule has 1 aliphatic heterocycles. The number of benzene rings is 1. The Morgan fingerprint density at radius 1 is 1.38 bits per heavy atom. The largest absolute Gasteiger partial charge is 0.480 e. The minimum Gasteiger partial charge on any atom is -0.480 e. The van der Waals surface area contributed by atoms with E-state index in [9.17, 15) is 19.8 Å². The quantitative estimate of drug-likeness (QED) is 0.868. The maximum atomic E-state index is 12.5. The van der Waals surface area contributed by atoms with Crippen LogP contribution in [-0.2, 0) is 9.59 Å². The van der Waals surface area contributed by atoms with E-state index in [1.807, 2.05) is 6.92 Å². The number of hydrogen-bond donors (Lipinski definition) is 2. The van der Waals surface area contributed by atoms with Crippen LogP contribution in [0.3, 0.4) is 0 Å². The number of rotatable bonds is 5. The van der Waals surface area contributed by atoms with Crippen molar-refractivity contribution in [1.82, 2.24) is 4.90 Å². The molecule has 1 aromatic carbocycles. The van der Waals surface area contributed by atoms with Crippen LogP contribution in [0.5, 0.6) is 0 Å². The zero-order valence-corrected chi connectivity index (χ0v) is 12.6. The van der Waals surface area contributed by atoms with Crippen molar-refractivity contribution in [3.05, 3.63) is 35.9 Å². The Balaban J connectivity index is 2.22. The second kappa shape index (κ2) is 6.95. The average Bonchev–Trinajstić information content (AvgIpc) is 2.91. The molecule has 0 spiro atoms. The summed E-state index contributed by atoms with van der Waals surface area (Å²) in [5, 5.41) is 19.3. The van der Waals surface area contributed by atoms with Crippen molar-refractivity contribution in [2.75, 3.05) is 5.75 Å². The SMILES string of the molecule is CCCC1SCC(C(=O)O)N1C(=O)C(O)c1ccccc1. The van der Waals surface area contributed by atoms with Crippen LogP contribution in [-0.4, -0.2) is 44.2 Å². The molecule has 114 valence electrons. The van der Waals surface area contributed by atoms with Crippen molar-refractivity contribution < 1.29 is 19.8 Å². The molecule has 1 aliphatic rings. The molecule has 3 atom stereocenters. The van der Waals surface area contributed by atoms with E-state index >= 15 is 0 Å². The van der Waals surface area contributed by atoms with Crippen LogP contribution in [0.4, 0.5) is 0 Å². The van der Waals surface area contributed by atoms with Gasteiger partial charge in [-0.05, 0) is 12.0 Å². The molecule has 0 radical (unpaired) electrons. The Morgan fingerprint density at radius 3 is 2.62 bits per heavy atom. The molecule has 0 bridgehead atoms. The van der Waals surface area contributed by atoms with Gasteiger partial charge in [0.15, 0.2) is 6.10 Å². The molecule has 0 aromatic heterocycles. The Bertz CT molecular complexity index is 508. The third-order valence-corrected chi connectivity index (χ3v) is 4.87. The van der Waals surface area contributed by atoms with E-state index in [0.29, 0.717) is 11.3 Å². The molecule has 2 N–H and O–H groups in total. The summed E-state index contributed by atoms with van der Waals surface area (Å²) in [6.07, 6.45) is 0.266. The van der Waals surface area contributed by atoms with E-state index in [4.69, 9.17) is 0 Å². The van der Waals surface area contributed by atoms with Gasteiger partial charge in [-0.25, -0.2) is 4.79 Å². The van der Waals surface area contributed by atoms with Gasteiger partial charge in [0, 0.05) is 5.75 Å². The van der Waals surface area contributed by atoms with Crippen LogP contribution >= 0.6 is 11.8 Å². The summed E-state index contributed by atoms with van der Waals surface area (Å²) in [7, 11) is 0. The van der Waals surface area contributed by atoms with Gasteiger partial charge < -0.3 is 15.1 Å². The fourth-order valence-corrected chi connectivity index (χ4v) is 3.96. The molecule has 0 saturated carbocycles. The second-order valence-corrected chi connectivity index (χ2v) is 6.20. The van der Waals surface area contributed by atoms with E-state index in [1.165, 1.54) is 16.7 Å². The van der Waals surface area contributed by atoms with Crippen molar-refractivity contribution in [2.24, 2.45) is 0 Å². The number of carbonyl (C=O) groups excluding carboxylic acids is 1. The number of nitrogens with zero attached hydrogens (tertiary/aromatic N) is 1. The van der Waals surface area contributed by atoms with Crippen molar-refractivity contribution in [2.45, 2.75) is 37.3 Å². The molecule has 1 amide bonds. The maximum absolute atomic E-state index is 12.5. The molecular formula is C15H19NO4S. The molecule has 1 fully saturated rings. The van der Waals surface area contributed by atoms with E-state index in [0.717, 1.165) is 12.8 Å². The lowest BCUT2D eigenvalue weighted by molar-refractivity contribution is -0.153. The van der Waals surface area contributed by atoms with Crippen molar-refractivity contribution in [3.8, 4) is 0 Å². The molecule has 1 saturated heterocycles. The van der Waals surface area contributed by atoms with Crippen LogP contribution in [0.2, 0.25) is 0 Å². The van der Waals surface area contributed by atoms with Crippen LogP contribution in [0, 0.1) is 0 Å². The van der Waals surface area contributed by atoms with Gasteiger partial charge in [0.05, 0.1) is 5.37 Å². The normalized spacial score (nSPS) is 23.0. The van der Waals surface area contributed by atoms with E-state index in [2.05, 4.69) is 0 Å². The number of carboxylic acids is 1. The zero-order valence-electron chi connectivity index (χ0n) is 11.8. The molecule has 6 heteroatoms. The van der Waals surface area contributed by atoms with Gasteiger partial charge in [0.25, 0.3) is 5.91 Å². The Hall–Kier alpha value is -1.53. The lowest BCUT2D eigenvalue weighted by Gasteiger charge is -2.29. The predicted octanol–water partition coefficient (Wildman–Crippen LogP) is 1.87. The fourth-order valence-electron chi connectivity index (χ4n) is 2.44. The van der Waals surface area contributed by atoms with Crippen LogP contribution in [0.25, 0.3) is 0 Å². The molecular weight excluding hydrogens is 290 g/mol. The molecule has 3 unspecified atom stereocenters. The van der Waals surface area contributed by atoms with E-state index in [-0.39, 0.29) is 5.37 Å². The molecule has 5 nitrogen and oxygen atoms in total. The average molecular weight is 309 g/mol.